The first kappa shape index (κ1) is 9.33. The van der Waals surface area contributed by atoms with Crippen molar-refractivity contribution < 1.29 is 0 Å². The zero-order valence-electron chi connectivity index (χ0n) is 7.42. The Kier molecular flexibility index (Phi) is 2.93. The molecule has 0 N–H and O–H groups in total. The van der Waals surface area contributed by atoms with Crippen molar-refractivity contribution in [3.63, 3.8) is 0 Å². The smallest absolute Gasteiger partial charge is 0.115 e. The minimum absolute atomic E-state index is 0.403. The molecule has 0 aliphatic rings. The van der Waals surface area contributed by atoms with Crippen molar-refractivity contribution in [2.24, 2.45) is 0 Å². The lowest BCUT2D eigenvalue weighted by atomic mass is 10.2. The standard InChI is InChI=1S/C9H13ClN2/c1-4-12-6-8(5-10)11-9(12)7(2)3/h4,6-7H,1,5H2,2-3H3. The molecule has 0 saturated heterocycles. The fraction of sp³-hybridized carbons (Fsp3) is 0.444. The summed E-state index contributed by atoms with van der Waals surface area (Å²) >= 11 is 5.66. The molecule has 1 aromatic heterocycles. The molecule has 1 rings (SSSR count). The van der Waals surface area contributed by atoms with Crippen LogP contribution in [0.1, 0.15) is 31.3 Å². The molecule has 66 valence electrons. The second-order valence-electron chi connectivity index (χ2n) is 2.97. The van der Waals surface area contributed by atoms with E-state index in [0.717, 1.165) is 11.5 Å². The highest BCUT2D eigenvalue weighted by atomic mass is 35.5. The van der Waals surface area contributed by atoms with Crippen molar-refractivity contribution in [3.05, 3.63) is 24.3 Å². The first-order valence-electron chi connectivity index (χ1n) is 3.95. The second-order valence-corrected chi connectivity index (χ2v) is 3.24. The van der Waals surface area contributed by atoms with Crippen LogP contribution in [0, 0.1) is 0 Å². The Bertz CT molecular complexity index is 276. The lowest BCUT2D eigenvalue weighted by Crippen LogP contribution is -1.97. The fourth-order valence-corrected chi connectivity index (χ4v) is 1.23. The van der Waals surface area contributed by atoms with Gasteiger partial charge < -0.3 is 4.57 Å². The number of hydrogen-bond acceptors (Lipinski definition) is 1. The highest BCUT2D eigenvalue weighted by Gasteiger charge is 2.08. The van der Waals surface area contributed by atoms with Crippen molar-refractivity contribution in [2.45, 2.75) is 25.6 Å². The molecule has 0 aromatic carbocycles. The first-order chi connectivity index (χ1) is 5.69. The van der Waals surface area contributed by atoms with Gasteiger partial charge in [-0.2, -0.15) is 0 Å². The van der Waals surface area contributed by atoms with Crippen LogP contribution in [0.5, 0.6) is 0 Å². The minimum Gasteiger partial charge on any atom is -0.311 e. The van der Waals surface area contributed by atoms with Crippen LogP contribution in [0.4, 0.5) is 0 Å². The van der Waals surface area contributed by atoms with Gasteiger partial charge in [-0.05, 0) is 0 Å². The molecule has 0 radical (unpaired) electrons. The minimum atomic E-state index is 0.403. The van der Waals surface area contributed by atoms with E-state index in [0.29, 0.717) is 11.8 Å². The normalized spacial score (nSPS) is 10.7. The third kappa shape index (κ3) is 1.69. The monoisotopic (exact) mass is 184 g/mol. The molecular formula is C9H13ClN2. The molecule has 0 bridgehead atoms. The summed E-state index contributed by atoms with van der Waals surface area (Å²) in [5, 5.41) is 0. The van der Waals surface area contributed by atoms with Gasteiger partial charge in [0, 0.05) is 18.3 Å². The quantitative estimate of drug-likeness (QED) is 0.661. The van der Waals surface area contributed by atoms with Gasteiger partial charge in [0.2, 0.25) is 0 Å². The SMILES string of the molecule is C=Cn1cc(CCl)nc1C(C)C. The number of imidazole rings is 1. The Morgan fingerprint density at radius 3 is 2.75 bits per heavy atom. The Hall–Kier alpha value is -0.760. The third-order valence-corrected chi connectivity index (χ3v) is 1.93. The van der Waals surface area contributed by atoms with Gasteiger partial charge in [0.05, 0.1) is 11.6 Å². The summed E-state index contributed by atoms with van der Waals surface area (Å²) in [5.74, 6) is 1.88. The molecule has 0 aliphatic heterocycles. The zero-order chi connectivity index (χ0) is 9.14. The van der Waals surface area contributed by atoms with Gasteiger partial charge in [0.15, 0.2) is 0 Å². The molecule has 1 aromatic rings. The maximum Gasteiger partial charge on any atom is 0.115 e. The van der Waals surface area contributed by atoms with E-state index in [2.05, 4.69) is 25.4 Å². The molecule has 2 nitrogen and oxygen atoms in total. The third-order valence-electron chi connectivity index (χ3n) is 1.66. The number of nitrogens with zero attached hydrogens (tertiary/aromatic N) is 2. The van der Waals surface area contributed by atoms with E-state index in [9.17, 15) is 0 Å². The molecule has 0 aliphatic carbocycles. The van der Waals surface area contributed by atoms with Crippen LogP contribution in [0.3, 0.4) is 0 Å². The van der Waals surface area contributed by atoms with Gasteiger partial charge in [0.1, 0.15) is 5.82 Å². The van der Waals surface area contributed by atoms with E-state index in [1.165, 1.54) is 0 Å². The number of hydrogen-bond donors (Lipinski definition) is 0. The summed E-state index contributed by atoms with van der Waals surface area (Å²) in [6.07, 6.45) is 3.66. The lowest BCUT2D eigenvalue weighted by Gasteiger charge is -2.03. The number of alkyl halides is 1. The second kappa shape index (κ2) is 3.76. The van der Waals surface area contributed by atoms with Crippen molar-refractivity contribution in [1.82, 2.24) is 9.55 Å². The maximum absolute atomic E-state index is 5.66. The van der Waals surface area contributed by atoms with Crippen LogP contribution >= 0.6 is 11.6 Å². The predicted molar refractivity (Wildman–Crippen MR) is 52.3 cm³/mol. The van der Waals surface area contributed by atoms with Crippen LogP contribution in [-0.2, 0) is 5.88 Å². The zero-order valence-corrected chi connectivity index (χ0v) is 8.17. The molecule has 1 heterocycles. The van der Waals surface area contributed by atoms with Crippen molar-refractivity contribution >= 4 is 17.8 Å². The molecule has 0 unspecified atom stereocenters. The number of aromatic nitrogens is 2. The largest absolute Gasteiger partial charge is 0.311 e. The predicted octanol–water partition coefficient (Wildman–Crippen LogP) is 2.85. The van der Waals surface area contributed by atoms with E-state index in [-0.39, 0.29) is 0 Å². The van der Waals surface area contributed by atoms with E-state index < -0.39 is 0 Å². The van der Waals surface area contributed by atoms with E-state index >= 15 is 0 Å². The Morgan fingerprint density at radius 2 is 2.42 bits per heavy atom. The fourth-order valence-electron chi connectivity index (χ4n) is 1.10. The summed E-state index contributed by atoms with van der Waals surface area (Å²) in [4.78, 5) is 4.36. The molecule has 0 amide bonds. The molecular weight excluding hydrogens is 172 g/mol. The summed E-state index contributed by atoms with van der Waals surface area (Å²) in [6.45, 7) is 7.90. The average Bonchev–Trinajstić information content (AvgIpc) is 2.47. The number of halogens is 1. The van der Waals surface area contributed by atoms with Crippen molar-refractivity contribution in [3.8, 4) is 0 Å². The van der Waals surface area contributed by atoms with Gasteiger partial charge in [-0.3, -0.25) is 0 Å². The molecule has 0 saturated carbocycles. The molecule has 3 heteroatoms. The Balaban J connectivity index is 3.08. The average molecular weight is 185 g/mol. The molecule has 0 spiro atoms. The van der Waals surface area contributed by atoms with Gasteiger partial charge in [-0.1, -0.05) is 20.4 Å². The highest BCUT2D eigenvalue weighted by Crippen LogP contribution is 2.15. The van der Waals surface area contributed by atoms with Gasteiger partial charge in [0.25, 0.3) is 0 Å². The highest BCUT2D eigenvalue weighted by molar-refractivity contribution is 6.16. The summed E-state index contributed by atoms with van der Waals surface area (Å²) < 4.78 is 1.92. The maximum atomic E-state index is 5.66. The van der Waals surface area contributed by atoms with E-state index in [4.69, 9.17) is 11.6 Å². The Morgan fingerprint density at radius 1 is 1.75 bits per heavy atom. The van der Waals surface area contributed by atoms with Crippen molar-refractivity contribution in [1.29, 1.82) is 0 Å². The van der Waals surface area contributed by atoms with Gasteiger partial charge in [-0.15, -0.1) is 11.6 Å². The summed E-state index contributed by atoms with van der Waals surface area (Å²) in [7, 11) is 0. The van der Waals surface area contributed by atoms with Gasteiger partial charge in [-0.25, -0.2) is 4.98 Å². The van der Waals surface area contributed by atoms with Crippen LogP contribution in [0.2, 0.25) is 0 Å². The summed E-state index contributed by atoms with van der Waals surface area (Å²) in [5.41, 5.74) is 0.903. The molecule has 0 fully saturated rings. The van der Waals surface area contributed by atoms with Crippen LogP contribution < -0.4 is 0 Å². The van der Waals surface area contributed by atoms with E-state index in [1.807, 2.05) is 10.8 Å². The molecule has 0 atom stereocenters. The lowest BCUT2D eigenvalue weighted by molar-refractivity contribution is 0.763. The topological polar surface area (TPSA) is 17.8 Å². The van der Waals surface area contributed by atoms with E-state index in [1.54, 1.807) is 6.20 Å². The number of rotatable bonds is 3. The van der Waals surface area contributed by atoms with Gasteiger partial charge >= 0.3 is 0 Å². The summed E-state index contributed by atoms with van der Waals surface area (Å²) in [6, 6.07) is 0. The molecule has 12 heavy (non-hydrogen) atoms. The van der Waals surface area contributed by atoms with Crippen LogP contribution in [0.25, 0.3) is 6.20 Å². The Labute approximate surface area is 77.9 Å². The first-order valence-corrected chi connectivity index (χ1v) is 4.48. The van der Waals surface area contributed by atoms with Crippen LogP contribution in [-0.4, -0.2) is 9.55 Å². The van der Waals surface area contributed by atoms with Crippen molar-refractivity contribution in [2.75, 3.05) is 0 Å². The van der Waals surface area contributed by atoms with Crippen LogP contribution in [0.15, 0.2) is 12.8 Å².